The average molecular weight is 300 g/mol. The van der Waals surface area contributed by atoms with Crippen molar-refractivity contribution in [3.05, 3.63) is 23.0 Å². The summed E-state index contributed by atoms with van der Waals surface area (Å²) in [6, 6.07) is 1.77. The number of rotatable bonds is 3. The highest BCUT2D eigenvalue weighted by Gasteiger charge is 2.26. The normalized spacial score (nSPS) is 23.1. The first-order valence-electron chi connectivity index (χ1n) is 6.36. The molecule has 1 heterocycles. The number of nitrogens with two attached hydrogens (primary N) is 1. The number of nitrogen functional groups attached to an aromatic ring is 1. The van der Waals surface area contributed by atoms with Crippen molar-refractivity contribution in [2.24, 2.45) is 0 Å². The van der Waals surface area contributed by atoms with E-state index in [9.17, 15) is 4.79 Å². The van der Waals surface area contributed by atoms with Gasteiger partial charge in [0.1, 0.15) is 5.15 Å². The fourth-order valence-electron chi connectivity index (χ4n) is 2.41. The molecule has 1 aromatic heterocycles. The molecule has 0 bridgehead atoms. The maximum Gasteiger partial charge on any atom is 0.254 e. The smallest absolute Gasteiger partial charge is 0.254 e. The van der Waals surface area contributed by atoms with E-state index >= 15 is 0 Å². The standard InChI is InChI=1S/C13H18ClN3OS/c1-19-11-5-3-2-4-10(11)17-13(18)9-6-8(15)7-16-12(9)14/h6-7,10-11H,2-5,15H2,1H3,(H,17,18). The van der Waals surface area contributed by atoms with E-state index in [4.69, 9.17) is 17.3 Å². The fourth-order valence-corrected chi connectivity index (χ4v) is 3.54. The minimum absolute atomic E-state index is 0.184. The molecule has 4 nitrogen and oxygen atoms in total. The number of hydrogen-bond donors (Lipinski definition) is 2. The van der Waals surface area contributed by atoms with Gasteiger partial charge in [-0.05, 0) is 25.2 Å². The summed E-state index contributed by atoms with van der Waals surface area (Å²) in [4.78, 5) is 16.2. The van der Waals surface area contributed by atoms with Crippen molar-refractivity contribution in [2.45, 2.75) is 37.0 Å². The lowest BCUT2D eigenvalue weighted by atomic mass is 9.94. The van der Waals surface area contributed by atoms with Crippen molar-refractivity contribution in [2.75, 3.05) is 12.0 Å². The number of carbonyl (C=O) groups excluding carboxylic acids is 1. The first-order valence-corrected chi connectivity index (χ1v) is 8.03. The highest BCUT2D eigenvalue weighted by Crippen LogP contribution is 2.27. The Hall–Kier alpha value is -0.940. The van der Waals surface area contributed by atoms with E-state index in [1.54, 1.807) is 6.07 Å². The molecule has 1 amide bonds. The van der Waals surface area contributed by atoms with Crippen LogP contribution >= 0.6 is 23.4 Å². The van der Waals surface area contributed by atoms with Crippen molar-refractivity contribution in [3.8, 4) is 0 Å². The van der Waals surface area contributed by atoms with Gasteiger partial charge in [-0.15, -0.1) is 0 Å². The third-order valence-corrected chi connectivity index (χ3v) is 4.90. The molecule has 1 fully saturated rings. The van der Waals surface area contributed by atoms with Crippen LogP contribution in [0.2, 0.25) is 5.15 Å². The SMILES string of the molecule is CSC1CCCCC1NC(=O)c1cc(N)cnc1Cl. The summed E-state index contributed by atoms with van der Waals surface area (Å²) in [7, 11) is 0. The van der Waals surface area contributed by atoms with Crippen molar-refractivity contribution >= 4 is 35.0 Å². The van der Waals surface area contributed by atoms with E-state index in [0.29, 0.717) is 16.5 Å². The van der Waals surface area contributed by atoms with E-state index in [1.807, 2.05) is 11.8 Å². The molecule has 0 radical (unpaired) electrons. The average Bonchev–Trinajstić information content (AvgIpc) is 2.42. The minimum atomic E-state index is -0.184. The van der Waals surface area contributed by atoms with Crippen LogP contribution in [-0.4, -0.2) is 28.4 Å². The Labute approximate surface area is 122 Å². The summed E-state index contributed by atoms with van der Waals surface area (Å²) >= 11 is 7.76. The molecule has 1 aliphatic carbocycles. The van der Waals surface area contributed by atoms with Crippen molar-refractivity contribution < 1.29 is 4.79 Å². The minimum Gasteiger partial charge on any atom is -0.397 e. The van der Waals surface area contributed by atoms with Crippen molar-refractivity contribution in [3.63, 3.8) is 0 Å². The van der Waals surface area contributed by atoms with E-state index in [2.05, 4.69) is 16.6 Å². The van der Waals surface area contributed by atoms with Crippen LogP contribution in [-0.2, 0) is 0 Å². The number of nitrogens with one attached hydrogen (secondary N) is 1. The fraction of sp³-hybridized carbons (Fsp3) is 0.538. The summed E-state index contributed by atoms with van der Waals surface area (Å²) in [5, 5.41) is 3.74. The summed E-state index contributed by atoms with van der Waals surface area (Å²) in [6.45, 7) is 0. The lowest BCUT2D eigenvalue weighted by Crippen LogP contribution is -2.43. The topological polar surface area (TPSA) is 68.0 Å². The van der Waals surface area contributed by atoms with E-state index in [1.165, 1.54) is 12.6 Å². The van der Waals surface area contributed by atoms with Gasteiger partial charge in [-0.3, -0.25) is 4.79 Å². The van der Waals surface area contributed by atoms with Gasteiger partial charge < -0.3 is 11.1 Å². The van der Waals surface area contributed by atoms with Gasteiger partial charge in [0, 0.05) is 11.3 Å². The Morgan fingerprint density at radius 3 is 3.00 bits per heavy atom. The van der Waals surface area contributed by atoms with Gasteiger partial charge in [0.15, 0.2) is 0 Å². The van der Waals surface area contributed by atoms with Crippen LogP contribution in [0.3, 0.4) is 0 Å². The first kappa shape index (κ1) is 14.5. The zero-order valence-corrected chi connectivity index (χ0v) is 12.4. The molecule has 19 heavy (non-hydrogen) atoms. The predicted octanol–water partition coefficient (Wildman–Crippen LogP) is 2.72. The van der Waals surface area contributed by atoms with Crippen LogP contribution < -0.4 is 11.1 Å². The van der Waals surface area contributed by atoms with Crippen LogP contribution in [0.25, 0.3) is 0 Å². The van der Waals surface area contributed by atoms with Gasteiger partial charge in [-0.2, -0.15) is 11.8 Å². The maximum atomic E-state index is 12.2. The number of halogens is 1. The number of hydrogen-bond acceptors (Lipinski definition) is 4. The Balaban J connectivity index is 2.09. The quantitative estimate of drug-likeness (QED) is 0.842. The van der Waals surface area contributed by atoms with E-state index < -0.39 is 0 Å². The zero-order valence-electron chi connectivity index (χ0n) is 10.9. The van der Waals surface area contributed by atoms with Gasteiger partial charge in [-0.25, -0.2) is 4.98 Å². The summed E-state index contributed by atoms with van der Waals surface area (Å²) in [5.41, 5.74) is 6.44. The predicted molar refractivity (Wildman–Crippen MR) is 80.7 cm³/mol. The molecule has 1 saturated carbocycles. The third kappa shape index (κ3) is 3.54. The molecule has 1 aliphatic rings. The molecule has 104 valence electrons. The van der Waals surface area contributed by atoms with Gasteiger partial charge in [0.2, 0.25) is 0 Å². The monoisotopic (exact) mass is 299 g/mol. The number of anilines is 1. The second-order valence-electron chi connectivity index (χ2n) is 4.75. The lowest BCUT2D eigenvalue weighted by molar-refractivity contribution is 0.0929. The molecule has 2 rings (SSSR count). The number of nitrogens with zero attached hydrogens (tertiary/aromatic N) is 1. The largest absolute Gasteiger partial charge is 0.397 e. The number of amides is 1. The zero-order chi connectivity index (χ0) is 13.8. The molecule has 2 atom stereocenters. The molecular weight excluding hydrogens is 282 g/mol. The van der Waals surface area contributed by atoms with E-state index in [-0.39, 0.29) is 17.1 Å². The summed E-state index contributed by atoms with van der Waals surface area (Å²) in [5.74, 6) is -0.184. The number of aromatic nitrogens is 1. The summed E-state index contributed by atoms with van der Waals surface area (Å²) in [6.07, 6.45) is 8.09. The van der Waals surface area contributed by atoms with Crippen LogP contribution in [0.1, 0.15) is 36.0 Å². The molecule has 0 spiro atoms. The van der Waals surface area contributed by atoms with Crippen molar-refractivity contribution in [1.82, 2.24) is 10.3 Å². The second kappa shape index (κ2) is 6.48. The third-order valence-electron chi connectivity index (χ3n) is 3.43. The number of thioether (sulfide) groups is 1. The molecule has 0 aromatic carbocycles. The first-order chi connectivity index (χ1) is 9.11. The van der Waals surface area contributed by atoms with Crippen molar-refractivity contribution in [1.29, 1.82) is 0 Å². The number of carbonyl (C=O) groups is 1. The molecule has 0 aliphatic heterocycles. The Morgan fingerprint density at radius 1 is 1.53 bits per heavy atom. The van der Waals surface area contributed by atoms with Crippen LogP contribution in [0, 0.1) is 0 Å². The summed E-state index contributed by atoms with van der Waals surface area (Å²) < 4.78 is 0. The molecular formula is C13H18ClN3OS. The molecule has 0 saturated heterocycles. The van der Waals surface area contributed by atoms with Gasteiger partial charge in [-0.1, -0.05) is 24.4 Å². The molecule has 6 heteroatoms. The Morgan fingerprint density at radius 2 is 2.26 bits per heavy atom. The maximum absolute atomic E-state index is 12.2. The molecule has 2 unspecified atom stereocenters. The molecule has 1 aromatic rings. The second-order valence-corrected chi connectivity index (χ2v) is 6.18. The van der Waals surface area contributed by atoms with Gasteiger partial charge >= 0.3 is 0 Å². The number of pyridine rings is 1. The van der Waals surface area contributed by atoms with Crippen LogP contribution in [0.15, 0.2) is 12.3 Å². The van der Waals surface area contributed by atoms with Gasteiger partial charge in [0.25, 0.3) is 5.91 Å². The Bertz CT molecular complexity index is 469. The lowest BCUT2D eigenvalue weighted by Gasteiger charge is -2.31. The van der Waals surface area contributed by atoms with E-state index in [0.717, 1.165) is 19.3 Å². The van der Waals surface area contributed by atoms with Gasteiger partial charge in [0.05, 0.1) is 17.4 Å². The molecule has 3 N–H and O–H groups in total. The Kier molecular flexibility index (Phi) is 4.93. The highest BCUT2D eigenvalue weighted by atomic mass is 35.5. The van der Waals surface area contributed by atoms with Crippen LogP contribution in [0.4, 0.5) is 5.69 Å². The van der Waals surface area contributed by atoms with Crippen LogP contribution in [0.5, 0.6) is 0 Å². The highest BCUT2D eigenvalue weighted by molar-refractivity contribution is 7.99.